The first kappa shape index (κ1) is 29.3. The van der Waals surface area contributed by atoms with E-state index >= 15 is 4.39 Å². The zero-order valence-electron chi connectivity index (χ0n) is 26.1. The van der Waals surface area contributed by atoms with Gasteiger partial charge in [-0.05, 0) is 53.8 Å². The number of nitrogens with zero attached hydrogens (tertiary/aromatic N) is 6. The van der Waals surface area contributed by atoms with Crippen LogP contribution in [0.25, 0.3) is 38.7 Å². The van der Waals surface area contributed by atoms with E-state index in [0.717, 1.165) is 62.5 Å². The Kier molecular flexibility index (Phi) is 7.02. The van der Waals surface area contributed by atoms with Crippen molar-refractivity contribution in [3.05, 3.63) is 173 Å². The minimum Gasteiger partial charge on any atom is -0.297 e. The molecule has 0 saturated heterocycles. The highest BCUT2D eigenvalue weighted by molar-refractivity contribution is 7.14. The Morgan fingerprint density at radius 2 is 1.35 bits per heavy atom. The summed E-state index contributed by atoms with van der Waals surface area (Å²) in [6.45, 7) is 0. The average molecular weight is 663 g/mol. The number of hydrogen-bond donors (Lipinski definition) is 0. The van der Waals surface area contributed by atoms with E-state index in [-0.39, 0.29) is 5.56 Å². The van der Waals surface area contributed by atoms with Gasteiger partial charge in [0.15, 0.2) is 5.01 Å². The van der Waals surface area contributed by atoms with Crippen LogP contribution in [0.4, 0.5) is 8.78 Å². The lowest BCUT2D eigenvalue weighted by Crippen LogP contribution is -2.38. The van der Waals surface area contributed by atoms with E-state index in [1.54, 1.807) is 11.3 Å². The van der Waals surface area contributed by atoms with Crippen molar-refractivity contribution < 1.29 is 8.78 Å². The standard InChI is InChI=1S/C40H28F2N6S/c41-31-19-20-32(34(42)22-31)37-33(27-18-21-36-43-23-35(47(36)24-27)39-45-44-38(49-39)26-16-17-26)25-48(46-37)40(28-10-4-1-5-11-28,29-12-6-2-7-13-29)30-14-8-3-9-15-30/h1-15,18-26H,16-17H2. The summed E-state index contributed by atoms with van der Waals surface area (Å²) >= 11 is 1.60. The highest BCUT2D eigenvalue weighted by atomic mass is 32.1. The molecule has 1 aliphatic carbocycles. The fourth-order valence-electron chi connectivity index (χ4n) is 6.70. The van der Waals surface area contributed by atoms with Crippen molar-refractivity contribution in [2.75, 3.05) is 0 Å². The highest BCUT2D eigenvalue weighted by Crippen LogP contribution is 2.45. The average Bonchev–Trinajstić information content (AvgIpc) is 3.50. The topological polar surface area (TPSA) is 60.9 Å². The van der Waals surface area contributed by atoms with Crippen molar-refractivity contribution in [2.24, 2.45) is 0 Å². The monoisotopic (exact) mass is 662 g/mol. The van der Waals surface area contributed by atoms with Gasteiger partial charge in [-0.3, -0.25) is 9.08 Å². The Balaban J connectivity index is 1.32. The lowest BCUT2D eigenvalue weighted by molar-refractivity contribution is 0.461. The minimum atomic E-state index is -0.941. The molecule has 0 bridgehead atoms. The van der Waals surface area contributed by atoms with Crippen LogP contribution < -0.4 is 0 Å². The summed E-state index contributed by atoms with van der Waals surface area (Å²) in [5.74, 6) is -0.845. The molecule has 1 fully saturated rings. The number of halogens is 2. The SMILES string of the molecule is Fc1ccc(-c2nn(C(c3ccccc3)(c3ccccc3)c3ccccc3)cc2-c2ccc3ncc(-c4nnc(C5CC5)s4)n3c2)c(F)c1. The van der Waals surface area contributed by atoms with Crippen molar-refractivity contribution in [3.63, 3.8) is 0 Å². The summed E-state index contributed by atoms with van der Waals surface area (Å²) in [6.07, 6.45) is 8.06. The van der Waals surface area contributed by atoms with Gasteiger partial charge in [0.2, 0.25) is 0 Å². The molecule has 4 aromatic carbocycles. The van der Waals surface area contributed by atoms with Crippen LogP contribution in [0.1, 0.15) is 40.5 Å². The molecule has 9 heteroatoms. The molecular formula is C40H28F2N6S. The van der Waals surface area contributed by atoms with Crippen LogP contribution in [0.5, 0.6) is 0 Å². The molecule has 0 aliphatic heterocycles. The molecular weight excluding hydrogens is 635 g/mol. The van der Waals surface area contributed by atoms with E-state index in [9.17, 15) is 4.39 Å². The summed E-state index contributed by atoms with van der Waals surface area (Å²) in [5.41, 5.74) is 5.60. The maximum absolute atomic E-state index is 15.7. The molecule has 1 saturated carbocycles. The first-order chi connectivity index (χ1) is 24.1. The van der Waals surface area contributed by atoms with Crippen LogP contribution >= 0.6 is 11.3 Å². The van der Waals surface area contributed by atoms with Crippen LogP contribution in [0, 0.1) is 11.6 Å². The molecule has 0 spiro atoms. The molecule has 0 amide bonds. The molecule has 4 heterocycles. The van der Waals surface area contributed by atoms with Crippen LogP contribution in [-0.2, 0) is 5.54 Å². The Labute approximate surface area is 285 Å². The van der Waals surface area contributed by atoms with Crippen molar-refractivity contribution in [2.45, 2.75) is 24.3 Å². The summed E-state index contributed by atoms with van der Waals surface area (Å²) in [7, 11) is 0. The molecule has 0 atom stereocenters. The number of aromatic nitrogens is 6. The Morgan fingerprint density at radius 3 is 1.96 bits per heavy atom. The van der Waals surface area contributed by atoms with Crippen molar-refractivity contribution in [1.82, 2.24) is 29.4 Å². The fraction of sp³-hybridized carbons (Fsp3) is 0.100. The third-order valence-corrected chi connectivity index (χ3v) is 10.3. The third kappa shape index (κ3) is 4.96. The summed E-state index contributed by atoms with van der Waals surface area (Å²) in [4.78, 5) is 4.65. The van der Waals surface area contributed by atoms with Crippen molar-refractivity contribution in [3.8, 4) is 33.1 Å². The molecule has 1 aliphatic rings. The maximum Gasteiger partial charge on any atom is 0.166 e. The smallest absolute Gasteiger partial charge is 0.166 e. The van der Waals surface area contributed by atoms with E-state index in [2.05, 4.69) is 51.6 Å². The lowest BCUT2D eigenvalue weighted by atomic mass is 9.77. The van der Waals surface area contributed by atoms with Gasteiger partial charge in [0, 0.05) is 41.1 Å². The Hall–Kier alpha value is -5.80. The molecule has 0 N–H and O–H groups in total. The molecule has 0 unspecified atom stereocenters. The summed E-state index contributed by atoms with van der Waals surface area (Å²) in [6, 6.07) is 38.1. The normalized spacial score (nSPS) is 13.3. The first-order valence-electron chi connectivity index (χ1n) is 16.1. The predicted octanol–water partition coefficient (Wildman–Crippen LogP) is 9.38. The van der Waals surface area contributed by atoms with E-state index in [0.29, 0.717) is 17.2 Å². The number of benzene rings is 4. The molecule has 4 aromatic heterocycles. The molecule has 9 rings (SSSR count). The van der Waals surface area contributed by atoms with E-state index in [1.165, 1.54) is 12.1 Å². The summed E-state index contributed by atoms with van der Waals surface area (Å²) in [5, 5.41) is 16.0. The molecule has 6 nitrogen and oxygen atoms in total. The van der Waals surface area contributed by atoms with Crippen LogP contribution in [-0.4, -0.2) is 29.4 Å². The highest BCUT2D eigenvalue weighted by Gasteiger charge is 2.40. The molecule has 49 heavy (non-hydrogen) atoms. The summed E-state index contributed by atoms with van der Waals surface area (Å²) < 4.78 is 33.9. The van der Waals surface area contributed by atoms with Gasteiger partial charge >= 0.3 is 0 Å². The van der Waals surface area contributed by atoms with Gasteiger partial charge in [0.05, 0.1) is 6.20 Å². The van der Waals surface area contributed by atoms with Crippen LogP contribution in [0.3, 0.4) is 0 Å². The second-order valence-electron chi connectivity index (χ2n) is 12.3. The van der Waals surface area contributed by atoms with Gasteiger partial charge in [0.1, 0.15) is 39.2 Å². The zero-order valence-corrected chi connectivity index (χ0v) is 26.9. The molecule has 0 radical (unpaired) electrons. The fourth-order valence-corrected chi connectivity index (χ4v) is 7.72. The second-order valence-corrected chi connectivity index (χ2v) is 13.3. The maximum atomic E-state index is 15.7. The van der Waals surface area contributed by atoms with Gasteiger partial charge in [-0.2, -0.15) is 5.10 Å². The third-order valence-electron chi connectivity index (χ3n) is 9.22. The zero-order chi connectivity index (χ0) is 33.0. The minimum absolute atomic E-state index is 0.197. The van der Waals surface area contributed by atoms with Gasteiger partial charge in [0.25, 0.3) is 0 Å². The van der Waals surface area contributed by atoms with E-state index in [1.807, 2.05) is 94.4 Å². The largest absolute Gasteiger partial charge is 0.297 e. The van der Waals surface area contributed by atoms with E-state index in [4.69, 9.17) is 5.10 Å². The van der Waals surface area contributed by atoms with Gasteiger partial charge in [-0.15, -0.1) is 10.2 Å². The second kappa shape index (κ2) is 11.7. The number of imidazole rings is 1. The van der Waals surface area contributed by atoms with Crippen LogP contribution in [0.2, 0.25) is 0 Å². The van der Waals surface area contributed by atoms with Crippen LogP contribution in [0.15, 0.2) is 140 Å². The lowest BCUT2D eigenvalue weighted by Gasteiger charge is -2.36. The Morgan fingerprint density at radius 1 is 0.694 bits per heavy atom. The van der Waals surface area contributed by atoms with Gasteiger partial charge in [-0.25, -0.2) is 13.8 Å². The molecule has 238 valence electrons. The number of rotatable bonds is 8. The Bertz CT molecular complexity index is 2340. The predicted molar refractivity (Wildman–Crippen MR) is 187 cm³/mol. The quantitative estimate of drug-likeness (QED) is 0.152. The van der Waals surface area contributed by atoms with E-state index < -0.39 is 17.2 Å². The van der Waals surface area contributed by atoms with Crippen molar-refractivity contribution in [1.29, 1.82) is 0 Å². The number of hydrogen-bond acceptors (Lipinski definition) is 5. The van der Waals surface area contributed by atoms with Gasteiger partial charge < -0.3 is 0 Å². The molecule has 8 aromatic rings. The first-order valence-corrected chi connectivity index (χ1v) is 16.9. The van der Waals surface area contributed by atoms with Crippen molar-refractivity contribution >= 4 is 17.0 Å². The van der Waals surface area contributed by atoms with Gasteiger partial charge in [-0.1, -0.05) is 102 Å². The number of pyridine rings is 1. The number of fused-ring (bicyclic) bond motifs is 1.